The second-order valence-electron chi connectivity index (χ2n) is 4.95. The molecule has 0 saturated heterocycles. The van der Waals surface area contributed by atoms with Gasteiger partial charge in [0.25, 0.3) is 0 Å². The van der Waals surface area contributed by atoms with E-state index < -0.39 is 23.8 Å². The zero-order valence-corrected chi connectivity index (χ0v) is 11.7. The van der Waals surface area contributed by atoms with Crippen LogP contribution in [-0.4, -0.2) is 24.3 Å². The highest BCUT2D eigenvalue weighted by atomic mass is 19.4. The van der Waals surface area contributed by atoms with Crippen LogP contribution in [0.15, 0.2) is 12.1 Å². The first-order valence-corrected chi connectivity index (χ1v) is 6.77. The van der Waals surface area contributed by atoms with E-state index in [0.29, 0.717) is 12.0 Å². The van der Waals surface area contributed by atoms with Crippen LogP contribution in [-0.2, 0) is 11.0 Å². The van der Waals surface area contributed by atoms with Gasteiger partial charge in [0.05, 0.1) is 13.2 Å². The highest BCUT2D eigenvalue weighted by Crippen LogP contribution is 2.46. The molecule has 0 radical (unpaired) electrons. The van der Waals surface area contributed by atoms with Crippen molar-refractivity contribution < 1.29 is 32.5 Å². The Morgan fingerprint density at radius 2 is 1.91 bits per heavy atom. The third kappa shape index (κ3) is 3.62. The fourth-order valence-electron chi connectivity index (χ4n) is 2.23. The number of hydrogen-bond donors (Lipinski definition) is 2. The number of alkyl halides is 3. The SMILES string of the molecule is NC(CCC(=O)O)c1ccc(C(F)(F)F)c2c1OCCCO2. The summed E-state index contributed by atoms with van der Waals surface area (Å²) in [5.41, 5.74) is 5.30. The van der Waals surface area contributed by atoms with Crippen LogP contribution >= 0.6 is 0 Å². The summed E-state index contributed by atoms with van der Waals surface area (Å²) in [7, 11) is 0. The van der Waals surface area contributed by atoms with Gasteiger partial charge in [-0.1, -0.05) is 6.07 Å². The third-order valence-corrected chi connectivity index (χ3v) is 3.30. The van der Waals surface area contributed by atoms with E-state index in [0.717, 1.165) is 6.07 Å². The molecule has 0 saturated carbocycles. The number of carboxylic acids is 1. The van der Waals surface area contributed by atoms with E-state index in [1.807, 2.05) is 0 Å². The van der Waals surface area contributed by atoms with Crippen LogP contribution in [0.25, 0.3) is 0 Å². The van der Waals surface area contributed by atoms with Crippen molar-refractivity contribution in [2.24, 2.45) is 5.73 Å². The number of hydrogen-bond acceptors (Lipinski definition) is 4. The van der Waals surface area contributed by atoms with Crippen molar-refractivity contribution in [3.05, 3.63) is 23.3 Å². The van der Waals surface area contributed by atoms with Gasteiger partial charge in [0.2, 0.25) is 0 Å². The molecular formula is C14H16F3NO4. The van der Waals surface area contributed by atoms with E-state index in [-0.39, 0.29) is 37.6 Å². The Morgan fingerprint density at radius 1 is 1.27 bits per heavy atom. The number of fused-ring (bicyclic) bond motifs is 1. The molecule has 0 aromatic heterocycles. The summed E-state index contributed by atoms with van der Waals surface area (Å²) in [4.78, 5) is 10.6. The van der Waals surface area contributed by atoms with Gasteiger partial charge < -0.3 is 20.3 Å². The minimum absolute atomic E-state index is 0.0368. The first-order valence-electron chi connectivity index (χ1n) is 6.77. The zero-order valence-electron chi connectivity index (χ0n) is 11.7. The predicted octanol–water partition coefficient (Wildman–Crippen LogP) is 2.73. The summed E-state index contributed by atoms with van der Waals surface area (Å²) < 4.78 is 49.7. The minimum Gasteiger partial charge on any atom is -0.489 e. The van der Waals surface area contributed by atoms with Crippen LogP contribution in [0, 0.1) is 0 Å². The van der Waals surface area contributed by atoms with E-state index in [2.05, 4.69) is 0 Å². The molecule has 2 rings (SSSR count). The number of halogens is 3. The molecule has 3 N–H and O–H groups in total. The van der Waals surface area contributed by atoms with Crippen LogP contribution in [0.4, 0.5) is 13.2 Å². The number of aliphatic carboxylic acids is 1. The average molecular weight is 319 g/mol. The van der Waals surface area contributed by atoms with Crippen LogP contribution < -0.4 is 15.2 Å². The number of carbonyl (C=O) groups is 1. The molecule has 8 heteroatoms. The topological polar surface area (TPSA) is 81.8 Å². The fraction of sp³-hybridized carbons (Fsp3) is 0.500. The highest BCUT2D eigenvalue weighted by Gasteiger charge is 2.37. The lowest BCUT2D eigenvalue weighted by atomic mass is 9.99. The molecule has 5 nitrogen and oxygen atoms in total. The summed E-state index contributed by atoms with van der Waals surface area (Å²) in [6.07, 6.45) is -4.20. The molecule has 0 fully saturated rings. The third-order valence-electron chi connectivity index (χ3n) is 3.30. The average Bonchev–Trinajstić information content (AvgIpc) is 2.68. The molecule has 1 unspecified atom stereocenters. The van der Waals surface area contributed by atoms with Gasteiger partial charge in [-0.25, -0.2) is 0 Å². The van der Waals surface area contributed by atoms with Crippen LogP contribution in [0.3, 0.4) is 0 Å². The molecule has 1 aliphatic rings. The molecule has 1 aromatic carbocycles. The zero-order chi connectivity index (χ0) is 16.3. The highest BCUT2D eigenvalue weighted by molar-refractivity contribution is 5.66. The van der Waals surface area contributed by atoms with Crippen LogP contribution in [0.1, 0.15) is 36.4 Å². The van der Waals surface area contributed by atoms with Crippen molar-refractivity contribution in [2.75, 3.05) is 13.2 Å². The Hall–Kier alpha value is -1.96. The van der Waals surface area contributed by atoms with Gasteiger partial charge in [0.1, 0.15) is 5.56 Å². The maximum absolute atomic E-state index is 13.1. The summed E-state index contributed by atoms with van der Waals surface area (Å²) in [6.45, 7) is 0.330. The maximum Gasteiger partial charge on any atom is 0.420 e. The van der Waals surface area contributed by atoms with Gasteiger partial charge in [-0.2, -0.15) is 13.2 Å². The Balaban J connectivity index is 2.41. The van der Waals surface area contributed by atoms with Gasteiger partial charge in [0.15, 0.2) is 11.5 Å². The van der Waals surface area contributed by atoms with Gasteiger partial charge in [-0.3, -0.25) is 4.79 Å². The van der Waals surface area contributed by atoms with Crippen molar-refractivity contribution in [3.63, 3.8) is 0 Å². The van der Waals surface area contributed by atoms with Crippen LogP contribution in [0.2, 0.25) is 0 Å². The van der Waals surface area contributed by atoms with E-state index in [4.69, 9.17) is 20.3 Å². The summed E-state index contributed by atoms with van der Waals surface area (Å²) in [5.74, 6) is -1.43. The first-order chi connectivity index (χ1) is 10.3. The molecule has 1 aliphatic heterocycles. The molecule has 0 aliphatic carbocycles. The maximum atomic E-state index is 13.1. The Kier molecular flexibility index (Phi) is 4.80. The van der Waals surface area contributed by atoms with Crippen molar-refractivity contribution in [1.82, 2.24) is 0 Å². The largest absolute Gasteiger partial charge is 0.489 e. The number of rotatable bonds is 4. The van der Waals surface area contributed by atoms with Gasteiger partial charge in [-0.15, -0.1) is 0 Å². The Morgan fingerprint density at radius 3 is 2.50 bits per heavy atom. The molecule has 0 spiro atoms. The molecule has 1 aromatic rings. The normalized spacial score (nSPS) is 16.0. The Labute approximate surface area is 124 Å². The lowest BCUT2D eigenvalue weighted by Crippen LogP contribution is -2.16. The number of benzene rings is 1. The van der Waals surface area contributed by atoms with E-state index in [1.54, 1.807) is 0 Å². The first kappa shape index (κ1) is 16.4. The lowest BCUT2D eigenvalue weighted by Gasteiger charge is -2.20. The number of ether oxygens (including phenoxy) is 2. The van der Waals surface area contributed by atoms with E-state index in [9.17, 15) is 18.0 Å². The van der Waals surface area contributed by atoms with E-state index >= 15 is 0 Å². The van der Waals surface area contributed by atoms with Gasteiger partial charge in [0, 0.05) is 24.4 Å². The monoisotopic (exact) mass is 319 g/mol. The molecular weight excluding hydrogens is 303 g/mol. The van der Waals surface area contributed by atoms with Crippen molar-refractivity contribution in [2.45, 2.75) is 31.5 Å². The molecule has 1 heterocycles. The number of nitrogens with two attached hydrogens (primary N) is 1. The molecule has 0 amide bonds. The molecule has 0 bridgehead atoms. The van der Waals surface area contributed by atoms with Gasteiger partial charge >= 0.3 is 12.1 Å². The smallest absolute Gasteiger partial charge is 0.420 e. The minimum atomic E-state index is -4.57. The predicted molar refractivity (Wildman–Crippen MR) is 70.8 cm³/mol. The fourth-order valence-corrected chi connectivity index (χ4v) is 2.23. The molecule has 22 heavy (non-hydrogen) atoms. The molecule has 1 atom stereocenters. The Bertz CT molecular complexity index is 560. The summed E-state index contributed by atoms with van der Waals surface area (Å²) >= 11 is 0. The van der Waals surface area contributed by atoms with Crippen molar-refractivity contribution >= 4 is 5.97 Å². The quantitative estimate of drug-likeness (QED) is 0.892. The lowest BCUT2D eigenvalue weighted by molar-refractivity contribution is -0.139. The second-order valence-corrected chi connectivity index (χ2v) is 4.95. The van der Waals surface area contributed by atoms with E-state index in [1.165, 1.54) is 6.07 Å². The molecule has 122 valence electrons. The van der Waals surface area contributed by atoms with Crippen LogP contribution in [0.5, 0.6) is 11.5 Å². The number of carboxylic acid groups (broad SMARTS) is 1. The summed E-state index contributed by atoms with van der Waals surface area (Å²) in [5, 5.41) is 8.68. The second kappa shape index (κ2) is 6.43. The van der Waals surface area contributed by atoms with Crippen molar-refractivity contribution in [1.29, 1.82) is 0 Å². The summed E-state index contributed by atoms with van der Waals surface area (Å²) in [6, 6.07) is 1.38. The standard InChI is InChI=1S/C14H16F3NO4/c15-14(16,17)9-3-2-8(10(18)4-5-11(19)20)12-13(9)22-7-1-6-21-12/h2-3,10H,1,4-7,18H2,(H,19,20). The van der Waals surface area contributed by atoms with Crippen molar-refractivity contribution in [3.8, 4) is 11.5 Å². The van der Waals surface area contributed by atoms with Gasteiger partial charge in [-0.05, 0) is 12.5 Å².